The lowest BCUT2D eigenvalue weighted by atomic mass is 10.1. The van der Waals surface area contributed by atoms with Crippen LogP contribution in [0.4, 0.5) is 0 Å². The lowest BCUT2D eigenvalue weighted by Gasteiger charge is -2.07. The number of aromatic carboxylic acids is 1. The number of hydrogen-bond acceptors (Lipinski definition) is 2. The van der Waals surface area contributed by atoms with Gasteiger partial charge in [0.05, 0.1) is 6.54 Å². The largest absolute Gasteiger partial charge is 0.476 e. The zero-order valence-electron chi connectivity index (χ0n) is 11.3. The first-order chi connectivity index (χ1) is 9.10. The summed E-state index contributed by atoms with van der Waals surface area (Å²) in [5.41, 5.74) is 3.43. The molecule has 1 aromatic carbocycles. The average molecular weight is 258 g/mol. The van der Waals surface area contributed by atoms with Crippen LogP contribution in [0, 0.1) is 6.92 Å². The Hall–Kier alpha value is -2.10. The molecule has 0 bridgehead atoms. The van der Waals surface area contributed by atoms with Crippen molar-refractivity contribution in [2.24, 2.45) is 0 Å². The zero-order chi connectivity index (χ0) is 13.8. The molecular formula is C15H18N2O2. The number of benzene rings is 1. The van der Waals surface area contributed by atoms with Crippen molar-refractivity contribution in [2.45, 2.75) is 33.2 Å². The highest BCUT2D eigenvalue weighted by atomic mass is 16.4. The number of carboxylic acids is 1. The fourth-order valence-electron chi connectivity index (χ4n) is 2.02. The summed E-state index contributed by atoms with van der Waals surface area (Å²) in [6.07, 6.45) is 1.81. The summed E-state index contributed by atoms with van der Waals surface area (Å²) in [6.45, 7) is 4.73. The topological polar surface area (TPSA) is 55.1 Å². The summed E-state index contributed by atoms with van der Waals surface area (Å²) in [5.74, 6) is -0.972. The normalized spacial score (nSPS) is 10.6. The van der Waals surface area contributed by atoms with Crippen molar-refractivity contribution in [3.63, 3.8) is 0 Å². The highest BCUT2D eigenvalue weighted by Gasteiger charge is 2.12. The first-order valence-electron chi connectivity index (χ1n) is 6.45. The maximum atomic E-state index is 11.0. The minimum Gasteiger partial charge on any atom is -0.476 e. The maximum Gasteiger partial charge on any atom is 0.356 e. The van der Waals surface area contributed by atoms with Crippen molar-refractivity contribution in [1.29, 1.82) is 0 Å². The van der Waals surface area contributed by atoms with E-state index in [4.69, 9.17) is 5.11 Å². The fourth-order valence-corrected chi connectivity index (χ4v) is 2.02. The molecule has 2 aromatic rings. The van der Waals surface area contributed by atoms with Crippen LogP contribution in [-0.4, -0.2) is 20.9 Å². The van der Waals surface area contributed by atoms with Crippen LogP contribution in [0.2, 0.25) is 0 Å². The third-order valence-corrected chi connectivity index (χ3v) is 3.04. The van der Waals surface area contributed by atoms with Gasteiger partial charge in [-0.25, -0.2) is 4.79 Å². The molecule has 100 valence electrons. The van der Waals surface area contributed by atoms with Crippen molar-refractivity contribution < 1.29 is 9.90 Å². The smallest absolute Gasteiger partial charge is 0.356 e. The van der Waals surface area contributed by atoms with Crippen LogP contribution in [-0.2, 0) is 13.0 Å². The van der Waals surface area contributed by atoms with Crippen molar-refractivity contribution >= 4 is 5.97 Å². The van der Waals surface area contributed by atoms with Gasteiger partial charge in [0.25, 0.3) is 0 Å². The van der Waals surface area contributed by atoms with E-state index in [1.807, 2.05) is 19.1 Å². The standard InChI is InChI=1S/C15H18N2O2/c1-3-4-13-9-14(15(18)19)16-17(13)10-12-7-5-11(2)6-8-12/h5-9H,3-4,10H2,1-2H3,(H,18,19). The molecule has 0 aliphatic rings. The van der Waals surface area contributed by atoms with E-state index < -0.39 is 5.97 Å². The minimum atomic E-state index is -0.972. The second-order valence-corrected chi connectivity index (χ2v) is 4.72. The molecule has 0 fully saturated rings. The van der Waals surface area contributed by atoms with Gasteiger partial charge in [-0.3, -0.25) is 4.68 Å². The van der Waals surface area contributed by atoms with Gasteiger partial charge in [0.1, 0.15) is 0 Å². The van der Waals surface area contributed by atoms with Gasteiger partial charge in [0.15, 0.2) is 5.69 Å². The van der Waals surface area contributed by atoms with Gasteiger partial charge in [-0.15, -0.1) is 0 Å². The molecule has 2 rings (SSSR count). The van der Waals surface area contributed by atoms with Crippen LogP contribution in [0.5, 0.6) is 0 Å². The Morgan fingerprint density at radius 1 is 1.32 bits per heavy atom. The molecule has 0 atom stereocenters. The van der Waals surface area contributed by atoms with Gasteiger partial charge in [-0.2, -0.15) is 5.10 Å². The van der Waals surface area contributed by atoms with E-state index in [2.05, 4.69) is 24.2 Å². The van der Waals surface area contributed by atoms with Crippen LogP contribution < -0.4 is 0 Å². The van der Waals surface area contributed by atoms with Crippen LogP contribution in [0.1, 0.15) is 40.7 Å². The van der Waals surface area contributed by atoms with Crippen molar-refractivity contribution in [1.82, 2.24) is 9.78 Å². The molecule has 0 aliphatic carbocycles. The zero-order valence-corrected chi connectivity index (χ0v) is 11.3. The molecule has 1 N–H and O–H groups in total. The molecule has 0 saturated carbocycles. The Balaban J connectivity index is 2.27. The summed E-state index contributed by atoms with van der Waals surface area (Å²) in [4.78, 5) is 11.0. The molecule has 4 heteroatoms. The van der Waals surface area contributed by atoms with E-state index in [0.717, 1.165) is 24.1 Å². The first-order valence-corrected chi connectivity index (χ1v) is 6.45. The Bertz CT molecular complexity index is 570. The van der Waals surface area contributed by atoms with E-state index in [9.17, 15) is 4.79 Å². The van der Waals surface area contributed by atoms with Gasteiger partial charge < -0.3 is 5.11 Å². The molecule has 0 amide bonds. The molecule has 4 nitrogen and oxygen atoms in total. The van der Waals surface area contributed by atoms with E-state index in [0.29, 0.717) is 6.54 Å². The van der Waals surface area contributed by atoms with Crippen LogP contribution in [0.25, 0.3) is 0 Å². The molecular weight excluding hydrogens is 240 g/mol. The lowest BCUT2D eigenvalue weighted by molar-refractivity contribution is 0.0689. The monoisotopic (exact) mass is 258 g/mol. The maximum absolute atomic E-state index is 11.0. The molecule has 1 heterocycles. The highest BCUT2D eigenvalue weighted by molar-refractivity contribution is 5.85. The minimum absolute atomic E-state index is 0.121. The quantitative estimate of drug-likeness (QED) is 0.897. The molecule has 19 heavy (non-hydrogen) atoms. The highest BCUT2D eigenvalue weighted by Crippen LogP contribution is 2.11. The Labute approximate surface area is 112 Å². The number of carbonyl (C=O) groups is 1. The third-order valence-electron chi connectivity index (χ3n) is 3.04. The number of hydrogen-bond donors (Lipinski definition) is 1. The summed E-state index contributed by atoms with van der Waals surface area (Å²) in [6, 6.07) is 9.87. The number of rotatable bonds is 5. The van der Waals surface area contributed by atoms with Crippen LogP contribution in [0.15, 0.2) is 30.3 Å². The molecule has 0 spiro atoms. The summed E-state index contributed by atoms with van der Waals surface area (Å²) < 4.78 is 1.79. The number of nitrogens with zero attached hydrogens (tertiary/aromatic N) is 2. The van der Waals surface area contributed by atoms with Crippen molar-refractivity contribution in [2.75, 3.05) is 0 Å². The van der Waals surface area contributed by atoms with E-state index >= 15 is 0 Å². The number of aryl methyl sites for hydroxylation is 2. The molecule has 0 aliphatic heterocycles. The molecule has 0 radical (unpaired) electrons. The summed E-state index contributed by atoms with van der Waals surface area (Å²) in [5, 5.41) is 13.2. The van der Waals surface area contributed by atoms with Gasteiger partial charge in [0, 0.05) is 5.69 Å². The fraction of sp³-hybridized carbons (Fsp3) is 0.333. The SMILES string of the molecule is CCCc1cc(C(=O)O)nn1Cc1ccc(C)cc1. The Kier molecular flexibility index (Phi) is 4.00. The van der Waals surface area contributed by atoms with Gasteiger partial charge in [-0.05, 0) is 25.0 Å². The average Bonchev–Trinajstić information content (AvgIpc) is 2.76. The predicted molar refractivity (Wildman–Crippen MR) is 73.5 cm³/mol. The van der Waals surface area contributed by atoms with Gasteiger partial charge in [0.2, 0.25) is 0 Å². The van der Waals surface area contributed by atoms with E-state index in [1.54, 1.807) is 10.7 Å². The Morgan fingerprint density at radius 2 is 2.00 bits per heavy atom. The van der Waals surface area contributed by atoms with Crippen molar-refractivity contribution in [3.8, 4) is 0 Å². The predicted octanol–water partition coefficient (Wildman–Crippen LogP) is 2.89. The lowest BCUT2D eigenvalue weighted by Crippen LogP contribution is -2.07. The number of aromatic nitrogens is 2. The summed E-state index contributed by atoms with van der Waals surface area (Å²) in [7, 11) is 0. The van der Waals surface area contributed by atoms with E-state index in [1.165, 1.54) is 5.56 Å². The molecule has 0 unspecified atom stereocenters. The van der Waals surface area contributed by atoms with Crippen molar-refractivity contribution in [3.05, 3.63) is 52.8 Å². The Morgan fingerprint density at radius 3 is 2.58 bits per heavy atom. The first kappa shape index (κ1) is 13.3. The van der Waals surface area contributed by atoms with Gasteiger partial charge in [-0.1, -0.05) is 43.2 Å². The van der Waals surface area contributed by atoms with E-state index in [-0.39, 0.29) is 5.69 Å². The third kappa shape index (κ3) is 3.22. The number of carboxylic acid groups (broad SMARTS) is 1. The molecule has 0 saturated heterocycles. The van der Waals surface area contributed by atoms with Gasteiger partial charge >= 0.3 is 5.97 Å². The van der Waals surface area contributed by atoms with Crippen LogP contribution >= 0.6 is 0 Å². The molecule has 1 aromatic heterocycles. The second-order valence-electron chi connectivity index (χ2n) is 4.72. The second kappa shape index (κ2) is 5.69. The van der Waals surface area contributed by atoms with Crippen LogP contribution in [0.3, 0.4) is 0 Å². The summed E-state index contributed by atoms with van der Waals surface area (Å²) >= 11 is 0.